The number of carboxylic acid groups (broad SMARTS) is 1. The molecule has 1 aliphatic carbocycles. The van der Waals surface area contributed by atoms with Gasteiger partial charge in [0.05, 0.1) is 0 Å². The van der Waals surface area contributed by atoms with Crippen LogP contribution in [0.1, 0.15) is 26.7 Å². The first-order chi connectivity index (χ1) is 9.79. The van der Waals surface area contributed by atoms with Crippen LogP contribution in [-0.2, 0) is 4.79 Å². The summed E-state index contributed by atoms with van der Waals surface area (Å²) in [5, 5.41) is 21.2. The molecule has 1 aliphatic rings. The van der Waals surface area contributed by atoms with Crippen molar-refractivity contribution in [1.82, 2.24) is 5.32 Å². The molecule has 0 atom stereocenters. The van der Waals surface area contributed by atoms with Gasteiger partial charge in [0.15, 0.2) is 0 Å². The molecular weight excluding hydrogens is 272 g/mol. The van der Waals surface area contributed by atoms with Gasteiger partial charge < -0.3 is 15.5 Å². The predicted molar refractivity (Wildman–Crippen MR) is 78.4 cm³/mol. The summed E-state index contributed by atoms with van der Waals surface area (Å²) >= 11 is 0. The van der Waals surface area contributed by atoms with Gasteiger partial charge >= 0.3 is 12.0 Å². The summed E-state index contributed by atoms with van der Waals surface area (Å²) < 4.78 is 0. The Morgan fingerprint density at radius 2 is 1.86 bits per heavy atom. The lowest BCUT2D eigenvalue weighted by atomic mass is 9.99. The number of carbonyl (C=O) groups excluding carboxylic acids is 1. The van der Waals surface area contributed by atoms with Crippen LogP contribution >= 0.6 is 0 Å². The molecule has 0 unspecified atom stereocenters. The number of rotatable bonds is 5. The van der Waals surface area contributed by atoms with E-state index in [9.17, 15) is 14.7 Å². The number of aromatic hydroxyl groups is 1. The molecule has 6 nitrogen and oxygen atoms in total. The van der Waals surface area contributed by atoms with Gasteiger partial charge in [-0.2, -0.15) is 0 Å². The minimum Gasteiger partial charge on any atom is -0.508 e. The molecule has 1 aromatic rings. The standard InChI is InChI=1S/C15H20N2O4/c1-15(2,10-3-4-10)16-14(21)17(9-13(19)20)11-5-7-12(18)8-6-11/h5-8,10,18H,3-4,9H2,1-2H3,(H,16,21)(H,19,20). The Balaban J connectivity index is 2.16. The lowest BCUT2D eigenvalue weighted by molar-refractivity contribution is -0.135. The minimum atomic E-state index is -1.09. The Kier molecular flexibility index (Phi) is 4.06. The summed E-state index contributed by atoms with van der Waals surface area (Å²) in [6.07, 6.45) is 2.15. The number of phenolic OH excluding ortho intramolecular Hbond substituents is 1. The molecule has 1 aromatic carbocycles. The number of amides is 2. The van der Waals surface area contributed by atoms with Gasteiger partial charge in [-0.3, -0.25) is 9.69 Å². The van der Waals surface area contributed by atoms with Crippen molar-refractivity contribution in [2.45, 2.75) is 32.2 Å². The van der Waals surface area contributed by atoms with Crippen molar-refractivity contribution < 1.29 is 19.8 Å². The van der Waals surface area contributed by atoms with Gasteiger partial charge in [-0.1, -0.05) is 0 Å². The van der Waals surface area contributed by atoms with Crippen molar-refractivity contribution in [3.63, 3.8) is 0 Å². The van der Waals surface area contributed by atoms with Crippen LogP contribution in [0.15, 0.2) is 24.3 Å². The molecule has 0 heterocycles. The molecular formula is C15H20N2O4. The number of anilines is 1. The summed E-state index contributed by atoms with van der Waals surface area (Å²) in [5.74, 6) is -0.594. The highest BCUT2D eigenvalue weighted by atomic mass is 16.4. The molecule has 3 N–H and O–H groups in total. The molecule has 2 amide bonds. The van der Waals surface area contributed by atoms with Crippen LogP contribution in [0.2, 0.25) is 0 Å². The van der Waals surface area contributed by atoms with E-state index in [0.717, 1.165) is 17.7 Å². The van der Waals surface area contributed by atoms with E-state index in [0.29, 0.717) is 11.6 Å². The molecule has 21 heavy (non-hydrogen) atoms. The highest BCUT2D eigenvalue weighted by Crippen LogP contribution is 2.39. The number of urea groups is 1. The van der Waals surface area contributed by atoms with Crippen molar-refractivity contribution in [3.05, 3.63) is 24.3 Å². The summed E-state index contributed by atoms with van der Waals surface area (Å²) in [4.78, 5) is 24.6. The number of carboxylic acids is 1. The maximum Gasteiger partial charge on any atom is 0.323 e. The third-order valence-electron chi connectivity index (χ3n) is 3.73. The summed E-state index contributed by atoms with van der Waals surface area (Å²) in [6, 6.07) is 5.43. The quantitative estimate of drug-likeness (QED) is 0.776. The van der Waals surface area contributed by atoms with Crippen LogP contribution in [-0.4, -0.2) is 34.3 Å². The number of nitrogens with one attached hydrogen (secondary N) is 1. The number of nitrogens with zero attached hydrogens (tertiary/aromatic N) is 1. The highest BCUT2D eigenvalue weighted by Gasteiger charge is 2.39. The Labute approximate surface area is 123 Å². The van der Waals surface area contributed by atoms with Gasteiger partial charge in [-0.15, -0.1) is 0 Å². The highest BCUT2D eigenvalue weighted by molar-refractivity contribution is 5.96. The monoisotopic (exact) mass is 292 g/mol. The molecule has 2 rings (SSSR count). The fourth-order valence-electron chi connectivity index (χ4n) is 2.30. The Bertz CT molecular complexity index is 535. The van der Waals surface area contributed by atoms with E-state index in [1.807, 2.05) is 13.8 Å². The zero-order valence-corrected chi connectivity index (χ0v) is 12.2. The third-order valence-corrected chi connectivity index (χ3v) is 3.73. The van der Waals surface area contributed by atoms with Gasteiger partial charge in [0.2, 0.25) is 0 Å². The summed E-state index contributed by atoms with van der Waals surface area (Å²) in [7, 11) is 0. The first-order valence-electron chi connectivity index (χ1n) is 6.90. The number of hydrogen-bond acceptors (Lipinski definition) is 3. The Morgan fingerprint density at radius 1 is 1.29 bits per heavy atom. The SMILES string of the molecule is CC(C)(NC(=O)N(CC(=O)O)c1ccc(O)cc1)C1CC1. The predicted octanol–water partition coefficient (Wildman–Crippen LogP) is 2.18. The van der Waals surface area contributed by atoms with Crippen molar-refractivity contribution in [2.75, 3.05) is 11.4 Å². The molecule has 0 aliphatic heterocycles. The zero-order valence-electron chi connectivity index (χ0n) is 12.2. The number of benzene rings is 1. The molecule has 6 heteroatoms. The second kappa shape index (κ2) is 5.63. The lowest BCUT2D eigenvalue weighted by Gasteiger charge is -2.30. The average molecular weight is 292 g/mol. The lowest BCUT2D eigenvalue weighted by Crippen LogP contribution is -2.52. The molecule has 0 bridgehead atoms. The van der Waals surface area contributed by atoms with Crippen LogP contribution in [0.5, 0.6) is 5.75 Å². The Hall–Kier alpha value is -2.24. The molecule has 0 saturated heterocycles. The van der Waals surface area contributed by atoms with E-state index < -0.39 is 18.5 Å². The third kappa shape index (κ3) is 3.87. The van der Waals surface area contributed by atoms with E-state index in [1.54, 1.807) is 0 Å². The maximum absolute atomic E-state index is 12.4. The number of hydrogen-bond donors (Lipinski definition) is 3. The van der Waals surface area contributed by atoms with Crippen LogP contribution < -0.4 is 10.2 Å². The molecule has 114 valence electrons. The molecule has 0 spiro atoms. The van der Waals surface area contributed by atoms with Gasteiger partial charge in [-0.25, -0.2) is 4.79 Å². The smallest absolute Gasteiger partial charge is 0.323 e. The minimum absolute atomic E-state index is 0.0627. The van der Waals surface area contributed by atoms with Gasteiger partial charge in [0.25, 0.3) is 0 Å². The average Bonchev–Trinajstić information content (AvgIpc) is 3.21. The Morgan fingerprint density at radius 3 is 2.33 bits per heavy atom. The van der Waals surface area contributed by atoms with Gasteiger partial charge in [0, 0.05) is 11.2 Å². The second-order valence-electron chi connectivity index (χ2n) is 5.92. The zero-order chi connectivity index (χ0) is 15.6. The summed E-state index contributed by atoms with van der Waals surface area (Å²) in [5.41, 5.74) is 0.0735. The fraction of sp³-hybridized carbons (Fsp3) is 0.467. The van der Waals surface area contributed by atoms with Crippen LogP contribution in [0.25, 0.3) is 0 Å². The molecule has 1 fully saturated rings. The van der Waals surface area contributed by atoms with Crippen LogP contribution in [0, 0.1) is 5.92 Å². The maximum atomic E-state index is 12.4. The largest absolute Gasteiger partial charge is 0.508 e. The fourth-order valence-corrected chi connectivity index (χ4v) is 2.30. The first kappa shape index (κ1) is 15.2. The molecule has 1 saturated carbocycles. The van der Waals surface area contributed by atoms with Crippen molar-refractivity contribution in [1.29, 1.82) is 0 Å². The van der Waals surface area contributed by atoms with E-state index >= 15 is 0 Å². The van der Waals surface area contributed by atoms with E-state index in [1.165, 1.54) is 24.3 Å². The van der Waals surface area contributed by atoms with E-state index in [2.05, 4.69) is 5.32 Å². The molecule has 0 radical (unpaired) electrons. The van der Waals surface area contributed by atoms with Crippen LogP contribution in [0.4, 0.5) is 10.5 Å². The van der Waals surface area contributed by atoms with E-state index in [4.69, 9.17) is 5.11 Å². The van der Waals surface area contributed by atoms with Crippen molar-refractivity contribution in [2.24, 2.45) is 5.92 Å². The topological polar surface area (TPSA) is 89.9 Å². The van der Waals surface area contributed by atoms with Gasteiger partial charge in [0.1, 0.15) is 12.3 Å². The molecule has 0 aromatic heterocycles. The number of phenols is 1. The number of aliphatic carboxylic acids is 1. The number of carbonyl (C=O) groups is 2. The van der Waals surface area contributed by atoms with Crippen molar-refractivity contribution >= 4 is 17.7 Å². The first-order valence-corrected chi connectivity index (χ1v) is 6.90. The van der Waals surface area contributed by atoms with Crippen LogP contribution in [0.3, 0.4) is 0 Å². The normalized spacial score (nSPS) is 14.6. The second-order valence-corrected chi connectivity index (χ2v) is 5.92. The van der Waals surface area contributed by atoms with E-state index in [-0.39, 0.29) is 11.3 Å². The van der Waals surface area contributed by atoms with Gasteiger partial charge in [-0.05, 0) is 56.9 Å². The summed E-state index contributed by atoms with van der Waals surface area (Å²) in [6.45, 7) is 3.45. The van der Waals surface area contributed by atoms with Crippen molar-refractivity contribution in [3.8, 4) is 5.75 Å².